The first-order chi connectivity index (χ1) is 16.1. The van der Waals surface area contributed by atoms with E-state index in [-0.39, 0.29) is 30.7 Å². The number of nitrogens with zero attached hydrogens (tertiary/aromatic N) is 2. The van der Waals surface area contributed by atoms with Crippen molar-refractivity contribution in [2.45, 2.75) is 36.9 Å². The minimum absolute atomic E-state index is 0.103. The lowest BCUT2D eigenvalue weighted by Crippen LogP contribution is -2.52. The van der Waals surface area contributed by atoms with E-state index < -0.39 is 52.9 Å². The number of likely N-dealkylation sites (N-methyl/N-ethyl adjacent to an activating group) is 1. The third-order valence-corrected chi connectivity index (χ3v) is 7.22. The number of para-hydroxylation sites is 1. The summed E-state index contributed by atoms with van der Waals surface area (Å²) in [5.41, 5.74) is 0.955. The Hall–Kier alpha value is -2.66. The Morgan fingerprint density at radius 1 is 1.15 bits per heavy atom. The molecular weight excluding hydrogens is 474 g/mol. The molecular formula is C23H25F4N3O3S. The highest BCUT2D eigenvalue weighted by molar-refractivity contribution is 7.84. The van der Waals surface area contributed by atoms with Gasteiger partial charge in [-0.2, -0.15) is 8.78 Å². The number of amides is 2. The Morgan fingerprint density at radius 2 is 1.85 bits per heavy atom. The highest BCUT2D eigenvalue weighted by Crippen LogP contribution is 2.35. The van der Waals surface area contributed by atoms with Gasteiger partial charge >= 0.3 is 11.3 Å². The molecule has 2 aliphatic heterocycles. The molecule has 1 saturated heterocycles. The van der Waals surface area contributed by atoms with Crippen molar-refractivity contribution in [3.63, 3.8) is 0 Å². The van der Waals surface area contributed by atoms with Crippen molar-refractivity contribution in [1.29, 1.82) is 0 Å². The van der Waals surface area contributed by atoms with Crippen molar-refractivity contribution in [1.82, 2.24) is 14.5 Å². The van der Waals surface area contributed by atoms with E-state index in [0.29, 0.717) is 18.2 Å². The molecule has 2 bridgehead atoms. The molecule has 2 aromatic carbocycles. The van der Waals surface area contributed by atoms with Crippen LogP contribution in [-0.2, 0) is 17.4 Å². The smallest absolute Gasteiger partial charge is 0.331 e. The van der Waals surface area contributed by atoms with E-state index in [1.807, 2.05) is 0 Å². The molecule has 11 heteroatoms. The molecule has 4 rings (SSSR count). The zero-order valence-electron chi connectivity index (χ0n) is 18.6. The molecule has 2 aliphatic rings. The summed E-state index contributed by atoms with van der Waals surface area (Å²) < 4.78 is 77.9. The Morgan fingerprint density at radius 3 is 2.59 bits per heavy atom. The molecule has 0 aliphatic carbocycles. The topological polar surface area (TPSA) is 61.9 Å². The van der Waals surface area contributed by atoms with Crippen molar-refractivity contribution in [3.05, 3.63) is 53.8 Å². The number of ether oxygens (including phenoxy) is 1. The summed E-state index contributed by atoms with van der Waals surface area (Å²) in [6.07, 6.45) is -1.93. The number of alkyl halides is 3. The number of benzene rings is 2. The van der Waals surface area contributed by atoms with E-state index >= 15 is 8.78 Å². The van der Waals surface area contributed by atoms with Crippen LogP contribution in [0, 0.1) is 5.82 Å². The van der Waals surface area contributed by atoms with Crippen LogP contribution in [-0.4, -0.2) is 70.3 Å². The third-order valence-electron chi connectivity index (χ3n) is 6.09. The van der Waals surface area contributed by atoms with Gasteiger partial charge in [-0.25, -0.2) is 22.5 Å². The van der Waals surface area contributed by atoms with Gasteiger partial charge in [-0.3, -0.25) is 0 Å². The maximum atomic E-state index is 15.7. The molecule has 1 N–H and O–H groups in total. The van der Waals surface area contributed by atoms with Crippen molar-refractivity contribution in [3.8, 4) is 16.9 Å². The second-order valence-corrected chi connectivity index (χ2v) is 9.98. The maximum absolute atomic E-state index is 15.7. The van der Waals surface area contributed by atoms with E-state index in [1.54, 1.807) is 36.4 Å². The fourth-order valence-corrected chi connectivity index (χ4v) is 5.06. The van der Waals surface area contributed by atoms with Crippen LogP contribution < -0.4 is 9.46 Å². The van der Waals surface area contributed by atoms with Gasteiger partial charge in [-0.1, -0.05) is 36.4 Å². The molecule has 184 valence electrons. The Balaban J connectivity index is 1.78. The molecule has 0 spiro atoms. The van der Waals surface area contributed by atoms with E-state index in [2.05, 4.69) is 4.72 Å². The number of hydrogen-bond donors (Lipinski definition) is 1. The van der Waals surface area contributed by atoms with Gasteiger partial charge in [0.2, 0.25) is 0 Å². The molecule has 34 heavy (non-hydrogen) atoms. The summed E-state index contributed by atoms with van der Waals surface area (Å²) in [5.74, 6) is -0.135. The summed E-state index contributed by atoms with van der Waals surface area (Å²) in [7, 11) is -1.37. The second kappa shape index (κ2) is 9.53. The molecule has 4 unspecified atom stereocenters. The molecule has 0 aromatic heterocycles. The van der Waals surface area contributed by atoms with Gasteiger partial charge in [0.1, 0.15) is 24.3 Å². The largest absolute Gasteiger partial charge is 0.491 e. The second-order valence-electron chi connectivity index (χ2n) is 8.49. The number of fused-ring (bicyclic) bond motifs is 5. The minimum atomic E-state index is -3.62. The van der Waals surface area contributed by atoms with Crippen LogP contribution in [0.5, 0.6) is 5.75 Å². The number of carbonyl (C=O) groups is 1. The van der Waals surface area contributed by atoms with E-state index in [0.717, 1.165) is 0 Å². The monoisotopic (exact) mass is 499 g/mol. The number of urea groups is 1. The van der Waals surface area contributed by atoms with E-state index in [4.69, 9.17) is 4.74 Å². The number of hydrogen-bond acceptors (Lipinski definition) is 3. The zero-order valence-corrected chi connectivity index (χ0v) is 19.5. The normalized spacial score (nSPS) is 24.3. The van der Waals surface area contributed by atoms with Crippen LogP contribution in [0.3, 0.4) is 0 Å². The fourth-order valence-electron chi connectivity index (χ4n) is 4.30. The first-order valence-corrected chi connectivity index (χ1v) is 11.9. The first kappa shape index (κ1) is 24.5. The van der Waals surface area contributed by atoms with Crippen molar-refractivity contribution in [2.75, 3.05) is 26.7 Å². The quantitative estimate of drug-likeness (QED) is 0.655. The number of halogens is 4. The van der Waals surface area contributed by atoms with Crippen molar-refractivity contribution < 1.29 is 31.3 Å². The van der Waals surface area contributed by atoms with Crippen LogP contribution in [0.1, 0.15) is 12.5 Å². The lowest BCUT2D eigenvalue weighted by molar-refractivity contribution is 0.118. The molecule has 2 aromatic rings. The lowest BCUT2D eigenvalue weighted by Gasteiger charge is -2.32. The van der Waals surface area contributed by atoms with Gasteiger partial charge in [0, 0.05) is 25.1 Å². The van der Waals surface area contributed by atoms with Crippen LogP contribution in [0.25, 0.3) is 11.1 Å². The summed E-state index contributed by atoms with van der Waals surface area (Å²) in [6.45, 7) is 0.316. The highest BCUT2D eigenvalue weighted by Gasteiger charge is 2.48. The van der Waals surface area contributed by atoms with Gasteiger partial charge in [0.25, 0.3) is 0 Å². The summed E-state index contributed by atoms with van der Waals surface area (Å²) in [5, 5.41) is -3.62. The average Bonchev–Trinajstić information content (AvgIpc) is 3.09. The van der Waals surface area contributed by atoms with Crippen LogP contribution >= 0.6 is 0 Å². The molecule has 0 radical (unpaired) electrons. The Bertz CT molecular complexity index is 1100. The minimum Gasteiger partial charge on any atom is -0.491 e. The molecule has 4 atom stereocenters. The zero-order chi connectivity index (χ0) is 24.6. The summed E-state index contributed by atoms with van der Waals surface area (Å²) >= 11 is 0. The lowest BCUT2D eigenvalue weighted by atomic mass is 9.95. The molecule has 1 fully saturated rings. The molecule has 2 heterocycles. The third kappa shape index (κ3) is 4.76. The predicted octanol–water partition coefficient (Wildman–Crippen LogP) is 3.74. The van der Waals surface area contributed by atoms with Gasteiger partial charge in [0.05, 0.1) is 25.2 Å². The molecule has 6 nitrogen and oxygen atoms in total. The van der Waals surface area contributed by atoms with Crippen LogP contribution in [0.4, 0.5) is 22.4 Å². The van der Waals surface area contributed by atoms with Gasteiger partial charge in [-0.05, 0) is 18.1 Å². The standard InChI is InChI=1S/C23H25F4N3O3S/c1-23(26,27)34(32)28-21-17(24)13-30-18(21)12-14-6-5-8-16(20(14)25)15-7-3-4-9-19(15)33-11-10-29(2)22(30)31/h3-9,17-18,21,28H,10-13H2,1-2H3. The first-order valence-electron chi connectivity index (χ1n) is 10.8. The average molecular weight is 500 g/mol. The number of rotatable bonds is 3. The Labute approximate surface area is 197 Å². The van der Waals surface area contributed by atoms with E-state index in [9.17, 15) is 17.8 Å². The van der Waals surface area contributed by atoms with Gasteiger partial charge in [0.15, 0.2) is 11.0 Å². The predicted molar refractivity (Wildman–Crippen MR) is 120 cm³/mol. The van der Waals surface area contributed by atoms with Crippen LogP contribution in [0.15, 0.2) is 42.5 Å². The number of carbonyl (C=O) groups excluding carboxylic acids is 1. The maximum Gasteiger partial charge on any atom is 0.331 e. The fraction of sp³-hybridized carbons (Fsp3) is 0.435. The van der Waals surface area contributed by atoms with Gasteiger partial charge < -0.3 is 14.5 Å². The molecule has 2 amide bonds. The number of nitrogens with one attached hydrogen (secondary N) is 1. The van der Waals surface area contributed by atoms with Crippen molar-refractivity contribution in [2.24, 2.45) is 0 Å². The summed E-state index contributed by atoms with van der Waals surface area (Å²) in [4.78, 5) is 15.7. The van der Waals surface area contributed by atoms with Crippen LogP contribution in [0.2, 0.25) is 0 Å². The van der Waals surface area contributed by atoms with Crippen molar-refractivity contribution >= 4 is 17.0 Å². The van der Waals surface area contributed by atoms with Gasteiger partial charge in [-0.15, -0.1) is 0 Å². The molecule has 0 saturated carbocycles. The Kier molecular flexibility index (Phi) is 6.86. The SMILES string of the molecule is CN1CCOc2ccccc2-c2cccc(c2F)CC2C(NS(=O)C(C)(F)F)C(F)CN2C1=O. The van der Waals surface area contributed by atoms with E-state index in [1.165, 1.54) is 22.9 Å². The highest BCUT2D eigenvalue weighted by atomic mass is 32.2. The summed E-state index contributed by atoms with van der Waals surface area (Å²) in [6, 6.07) is 8.66.